The molecule has 0 aliphatic carbocycles. The van der Waals surface area contributed by atoms with E-state index in [9.17, 15) is 8.78 Å². The van der Waals surface area contributed by atoms with Crippen LogP contribution in [0.1, 0.15) is 10.6 Å². The number of thiazole rings is 1. The van der Waals surface area contributed by atoms with Gasteiger partial charge in [-0.15, -0.1) is 11.3 Å². The Morgan fingerprint density at radius 3 is 2.59 bits per heavy atom. The molecule has 1 aromatic carbocycles. The zero-order valence-corrected chi connectivity index (χ0v) is 9.94. The fourth-order valence-corrected chi connectivity index (χ4v) is 2.14. The van der Waals surface area contributed by atoms with E-state index in [2.05, 4.69) is 10.3 Å². The molecule has 0 spiro atoms. The first kappa shape index (κ1) is 12.1. The highest BCUT2D eigenvalue weighted by Gasteiger charge is 2.00. The Bertz CT molecular complexity index is 451. The summed E-state index contributed by atoms with van der Waals surface area (Å²) in [6.07, 6.45) is 2.59. The van der Waals surface area contributed by atoms with Gasteiger partial charge < -0.3 is 5.32 Å². The number of hydrogen-bond acceptors (Lipinski definition) is 3. The van der Waals surface area contributed by atoms with Crippen LogP contribution in [0.25, 0.3) is 0 Å². The maximum atomic E-state index is 12.9. The van der Waals surface area contributed by atoms with Gasteiger partial charge in [-0.1, -0.05) is 0 Å². The van der Waals surface area contributed by atoms with Gasteiger partial charge in [0, 0.05) is 37.2 Å². The average molecular weight is 254 g/mol. The van der Waals surface area contributed by atoms with E-state index in [1.165, 1.54) is 12.1 Å². The van der Waals surface area contributed by atoms with E-state index in [-0.39, 0.29) is 0 Å². The second-order valence-corrected chi connectivity index (χ2v) is 4.61. The highest BCUT2D eigenvalue weighted by Crippen LogP contribution is 2.08. The van der Waals surface area contributed by atoms with Crippen LogP contribution in [0.2, 0.25) is 0 Å². The molecule has 0 atom stereocenters. The summed E-state index contributed by atoms with van der Waals surface area (Å²) in [6, 6.07) is 3.54. The molecule has 17 heavy (non-hydrogen) atoms. The smallest absolute Gasteiger partial charge is 0.126 e. The topological polar surface area (TPSA) is 24.9 Å². The van der Waals surface area contributed by atoms with Crippen LogP contribution in [0.5, 0.6) is 0 Å². The maximum Gasteiger partial charge on any atom is 0.126 e. The summed E-state index contributed by atoms with van der Waals surface area (Å²) < 4.78 is 25.8. The molecule has 0 aliphatic rings. The summed E-state index contributed by atoms with van der Waals surface area (Å²) in [5, 5.41) is 6.11. The predicted molar refractivity (Wildman–Crippen MR) is 63.9 cm³/mol. The lowest BCUT2D eigenvalue weighted by atomic mass is 10.2. The van der Waals surface area contributed by atoms with Crippen LogP contribution in [0.15, 0.2) is 29.8 Å². The normalized spacial score (nSPS) is 10.7. The fourth-order valence-electron chi connectivity index (χ4n) is 1.52. The first-order valence-electron chi connectivity index (χ1n) is 5.28. The van der Waals surface area contributed by atoms with Crippen molar-refractivity contribution in [3.63, 3.8) is 0 Å². The molecule has 2 nitrogen and oxygen atoms in total. The van der Waals surface area contributed by atoms with Crippen molar-refractivity contribution < 1.29 is 8.78 Å². The summed E-state index contributed by atoms with van der Waals surface area (Å²) in [6.45, 7) is 1.20. The van der Waals surface area contributed by atoms with Crippen molar-refractivity contribution in [1.29, 1.82) is 0 Å². The number of benzene rings is 1. The lowest BCUT2D eigenvalue weighted by Crippen LogP contribution is -2.16. The number of hydrogen-bond donors (Lipinski definition) is 1. The Morgan fingerprint density at radius 1 is 1.18 bits per heavy atom. The number of nitrogens with zero attached hydrogens (tertiary/aromatic N) is 1. The van der Waals surface area contributed by atoms with Gasteiger partial charge >= 0.3 is 0 Å². The number of rotatable bonds is 5. The Balaban J connectivity index is 1.78. The van der Waals surface area contributed by atoms with Crippen LogP contribution in [0.4, 0.5) is 8.78 Å². The molecule has 1 N–H and O–H groups in total. The molecule has 0 saturated carbocycles. The first-order chi connectivity index (χ1) is 8.24. The maximum absolute atomic E-state index is 12.9. The molecule has 0 unspecified atom stereocenters. The zero-order chi connectivity index (χ0) is 12.1. The summed E-state index contributed by atoms with van der Waals surface area (Å²) in [5.41, 5.74) is 0.613. The zero-order valence-electron chi connectivity index (χ0n) is 9.12. The van der Waals surface area contributed by atoms with Crippen LogP contribution in [-0.4, -0.2) is 11.5 Å². The minimum absolute atomic E-state index is 0.458. The molecule has 2 aromatic rings. The molecule has 0 fully saturated rings. The number of halogens is 2. The van der Waals surface area contributed by atoms with Gasteiger partial charge in [0.15, 0.2) is 0 Å². The average Bonchev–Trinajstić information content (AvgIpc) is 2.76. The third-order valence-corrected chi connectivity index (χ3v) is 3.09. The van der Waals surface area contributed by atoms with Gasteiger partial charge in [-0.25, -0.2) is 13.8 Å². The summed E-state index contributed by atoms with van der Waals surface area (Å²) in [5.74, 6) is -1.08. The van der Waals surface area contributed by atoms with E-state index in [4.69, 9.17) is 0 Å². The third-order valence-electron chi connectivity index (χ3n) is 2.25. The molecule has 2 rings (SSSR count). The molecule has 1 aromatic heterocycles. The van der Waals surface area contributed by atoms with Crippen molar-refractivity contribution in [2.45, 2.75) is 13.0 Å². The van der Waals surface area contributed by atoms with Crippen molar-refractivity contribution in [3.05, 3.63) is 52.0 Å². The van der Waals surface area contributed by atoms with Crippen LogP contribution in [0.3, 0.4) is 0 Å². The second-order valence-electron chi connectivity index (χ2n) is 3.63. The van der Waals surface area contributed by atoms with E-state index in [1.54, 1.807) is 17.5 Å². The summed E-state index contributed by atoms with van der Waals surface area (Å²) in [7, 11) is 0. The van der Waals surface area contributed by atoms with Crippen LogP contribution >= 0.6 is 11.3 Å². The van der Waals surface area contributed by atoms with E-state index in [0.717, 1.165) is 24.0 Å². The Labute approximate surface area is 102 Å². The molecule has 5 heteroatoms. The highest BCUT2D eigenvalue weighted by molar-refractivity contribution is 7.09. The van der Waals surface area contributed by atoms with E-state index in [0.29, 0.717) is 12.1 Å². The fraction of sp³-hybridized carbons (Fsp3) is 0.250. The van der Waals surface area contributed by atoms with Gasteiger partial charge in [0.25, 0.3) is 0 Å². The molecule has 0 saturated heterocycles. The molecule has 0 aliphatic heterocycles. The molecule has 0 radical (unpaired) electrons. The first-order valence-corrected chi connectivity index (χ1v) is 6.16. The van der Waals surface area contributed by atoms with Crippen LogP contribution in [0, 0.1) is 11.6 Å². The number of nitrogens with one attached hydrogen (secondary N) is 1. The molecule has 90 valence electrons. The quantitative estimate of drug-likeness (QED) is 0.830. The molecular weight excluding hydrogens is 242 g/mol. The van der Waals surface area contributed by atoms with Crippen molar-refractivity contribution in [3.8, 4) is 0 Å². The second kappa shape index (κ2) is 5.84. The Kier molecular flexibility index (Phi) is 4.17. The Hall–Kier alpha value is -1.33. The monoisotopic (exact) mass is 254 g/mol. The van der Waals surface area contributed by atoms with Crippen molar-refractivity contribution in [2.24, 2.45) is 0 Å². The van der Waals surface area contributed by atoms with Crippen molar-refractivity contribution in [2.75, 3.05) is 6.54 Å². The summed E-state index contributed by atoms with van der Waals surface area (Å²) in [4.78, 5) is 4.15. The number of aromatic nitrogens is 1. The van der Waals surface area contributed by atoms with Crippen LogP contribution < -0.4 is 5.32 Å². The van der Waals surface area contributed by atoms with E-state index >= 15 is 0 Å². The van der Waals surface area contributed by atoms with Crippen molar-refractivity contribution in [1.82, 2.24) is 10.3 Å². The van der Waals surface area contributed by atoms with Crippen LogP contribution in [-0.2, 0) is 13.0 Å². The van der Waals surface area contributed by atoms with Gasteiger partial charge in [0.1, 0.15) is 11.6 Å². The lowest BCUT2D eigenvalue weighted by molar-refractivity contribution is 0.575. The molecule has 1 heterocycles. The highest BCUT2D eigenvalue weighted by atomic mass is 32.1. The van der Waals surface area contributed by atoms with E-state index < -0.39 is 11.6 Å². The SMILES string of the molecule is Fc1cc(F)cc(CNCCc2nccs2)c1. The van der Waals surface area contributed by atoms with Gasteiger partial charge in [-0.05, 0) is 17.7 Å². The molecule has 0 bridgehead atoms. The predicted octanol–water partition coefficient (Wildman–Crippen LogP) is 2.75. The third kappa shape index (κ3) is 3.87. The lowest BCUT2D eigenvalue weighted by Gasteiger charge is -2.04. The van der Waals surface area contributed by atoms with Gasteiger partial charge in [0.05, 0.1) is 5.01 Å². The van der Waals surface area contributed by atoms with Crippen molar-refractivity contribution >= 4 is 11.3 Å². The minimum atomic E-state index is -0.540. The van der Waals surface area contributed by atoms with Gasteiger partial charge in [-0.2, -0.15) is 0 Å². The Morgan fingerprint density at radius 2 is 1.94 bits per heavy atom. The standard InChI is InChI=1S/C12H12F2N2S/c13-10-5-9(6-11(14)7-10)8-15-2-1-12-16-3-4-17-12/h3-7,15H,1-2,8H2. The molecule has 0 amide bonds. The minimum Gasteiger partial charge on any atom is -0.312 e. The van der Waals surface area contributed by atoms with E-state index in [1.807, 2.05) is 5.38 Å². The van der Waals surface area contributed by atoms with Gasteiger partial charge in [0.2, 0.25) is 0 Å². The summed E-state index contributed by atoms with van der Waals surface area (Å²) >= 11 is 1.60. The molecular formula is C12H12F2N2S. The van der Waals surface area contributed by atoms with Gasteiger partial charge in [-0.3, -0.25) is 0 Å². The largest absolute Gasteiger partial charge is 0.312 e.